The van der Waals surface area contributed by atoms with Gasteiger partial charge in [0.25, 0.3) is 0 Å². The number of imidazole rings is 1. The van der Waals surface area contributed by atoms with Gasteiger partial charge in [-0.1, -0.05) is 19.1 Å². The predicted octanol–water partition coefficient (Wildman–Crippen LogP) is 4.20. The normalized spacial score (nSPS) is 16.4. The first-order valence-corrected chi connectivity index (χ1v) is 12.0. The zero-order chi connectivity index (χ0) is 23.9. The SMILES string of the molecule is CCNC[C@H]1CC(=O)N(c2ccc3c(c2)Cn2cc(-c4ccc(C#N)cc4)cc2-c2nccn2-3)C1. The minimum atomic E-state index is 0.189. The molecule has 0 radical (unpaired) electrons. The van der Waals surface area contributed by atoms with Gasteiger partial charge >= 0.3 is 0 Å². The first-order chi connectivity index (χ1) is 17.1. The number of nitrogens with one attached hydrogen (secondary N) is 1. The molecule has 2 aromatic heterocycles. The molecular formula is C28H26N6O. The largest absolute Gasteiger partial charge is 0.340 e. The molecule has 1 N–H and O–H groups in total. The Morgan fingerprint density at radius 2 is 2.00 bits per heavy atom. The van der Waals surface area contributed by atoms with Crippen LogP contribution in [0.5, 0.6) is 0 Å². The van der Waals surface area contributed by atoms with E-state index in [9.17, 15) is 4.79 Å². The lowest BCUT2D eigenvalue weighted by molar-refractivity contribution is -0.117. The molecule has 7 heteroatoms. The van der Waals surface area contributed by atoms with Gasteiger partial charge in [-0.05, 0) is 60.0 Å². The van der Waals surface area contributed by atoms with Crippen molar-refractivity contribution in [2.45, 2.75) is 19.9 Å². The zero-order valence-electron chi connectivity index (χ0n) is 19.6. The van der Waals surface area contributed by atoms with E-state index in [-0.39, 0.29) is 5.91 Å². The van der Waals surface area contributed by atoms with Crippen LogP contribution >= 0.6 is 0 Å². The Bertz CT molecular complexity index is 1460. The van der Waals surface area contributed by atoms with Crippen molar-refractivity contribution in [3.8, 4) is 34.4 Å². The van der Waals surface area contributed by atoms with Crippen molar-refractivity contribution in [2.24, 2.45) is 5.92 Å². The maximum atomic E-state index is 12.8. The van der Waals surface area contributed by atoms with Crippen molar-refractivity contribution in [3.63, 3.8) is 0 Å². The Hall–Kier alpha value is -4.15. The van der Waals surface area contributed by atoms with Gasteiger partial charge in [0.15, 0.2) is 5.82 Å². The van der Waals surface area contributed by atoms with Crippen LogP contribution in [0.4, 0.5) is 5.69 Å². The number of hydrogen-bond donors (Lipinski definition) is 1. The van der Waals surface area contributed by atoms with Crippen molar-refractivity contribution >= 4 is 11.6 Å². The third kappa shape index (κ3) is 3.72. The van der Waals surface area contributed by atoms with Gasteiger partial charge < -0.3 is 14.8 Å². The molecule has 2 aliphatic rings. The highest BCUT2D eigenvalue weighted by atomic mass is 16.2. The lowest BCUT2D eigenvalue weighted by Crippen LogP contribution is -2.27. The molecule has 1 amide bonds. The molecule has 0 bridgehead atoms. The first-order valence-electron chi connectivity index (χ1n) is 12.0. The number of aromatic nitrogens is 3. The third-order valence-electron chi connectivity index (χ3n) is 6.98. The Kier molecular flexibility index (Phi) is 5.24. The van der Waals surface area contributed by atoms with E-state index in [0.29, 0.717) is 24.4 Å². The van der Waals surface area contributed by atoms with Crippen LogP contribution in [-0.4, -0.2) is 39.7 Å². The molecule has 35 heavy (non-hydrogen) atoms. The third-order valence-corrected chi connectivity index (χ3v) is 6.98. The summed E-state index contributed by atoms with van der Waals surface area (Å²) in [6, 6.07) is 18.3. The summed E-state index contributed by atoms with van der Waals surface area (Å²) in [6.07, 6.45) is 6.55. The Morgan fingerprint density at radius 3 is 2.80 bits per heavy atom. The average Bonchev–Trinajstić information content (AvgIpc) is 3.60. The summed E-state index contributed by atoms with van der Waals surface area (Å²) in [5.74, 6) is 1.42. The van der Waals surface area contributed by atoms with Gasteiger partial charge in [-0.2, -0.15) is 5.26 Å². The molecule has 1 atom stereocenters. The molecule has 0 spiro atoms. The number of carbonyl (C=O) groups excluding carboxylic acids is 1. The van der Waals surface area contributed by atoms with Crippen LogP contribution in [-0.2, 0) is 11.3 Å². The fraction of sp³-hybridized carbons (Fsp3) is 0.250. The smallest absolute Gasteiger partial charge is 0.227 e. The number of fused-ring (bicyclic) bond motifs is 5. The molecule has 4 aromatic rings. The summed E-state index contributed by atoms with van der Waals surface area (Å²) in [7, 11) is 0. The summed E-state index contributed by atoms with van der Waals surface area (Å²) in [4.78, 5) is 19.4. The second-order valence-electron chi connectivity index (χ2n) is 9.25. The van der Waals surface area contributed by atoms with Crippen molar-refractivity contribution < 1.29 is 4.79 Å². The van der Waals surface area contributed by atoms with E-state index in [2.05, 4.69) is 62.9 Å². The van der Waals surface area contributed by atoms with E-state index in [4.69, 9.17) is 5.26 Å². The van der Waals surface area contributed by atoms with Crippen LogP contribution in [0.2, 0.25) is 0 Å². The fourth-order valence-electron chi connectivity index (χ4n) is 5.21. The highest BCUT2D eigenvalue weighted by Crippen LogP contribution is 2.36. The minimum Gasteiger partial charge on any atom is -0.340 e. The molecule has 0 unspecified atom stereocenters. The van der Waals surface area contributed by atoms with Crippen molar-refractivity contribution in [1.29, 1.82) is 5.26 Å². The van der Waals surface area contributed by atoms with Gasteiger partial charge in [0.1, 0.15) is 0 Å². The second-order valence-corrected chi connectivity index (χ2v) is 9.25. The molecule has 4 heterocycles. The molecule has 1 fully saturated rings. The summed E-state index contributed by atoms with van der Waals surface area (Å²) in [5.41, 5.74) is 7.01. The van der Waals surface area contributed by atoms with Crippen LogP contribution in [0.15, 0.2) is 67.1 Å². The number of anilines is 1. The highest BCUT2D eigenvalue weighted by molar-refractivity contribution is 5.96. The highest BCUT2D eigenvalue weighted by Gasteiger charge is 2.31. The number of hydrogen-bond acceptors (Lipinski definition) is 4. The summed E-state index contributed by atoms with van der Waals surface area (Å²) in [5, 5.41) is 12.5. The molecule has 2 aromatic carbocycles. The molecule has 174 valence electrons. The quantitative estimate of drug-likeness (QED) is 0.425. The maximum absolute atomic E-state index is 12.8. The molecule has 1 saturated heterocycles. The number of benzene rings is 2. The average molecular weight is 463 g/mol. The van der Waals surface area contributed by atoms with Gasteiger partial charge in [-0.3, -0.25) is 9.36 Å². The molecular weight excluding hydrogens is 436 g/mol. The van der Waals surface area contributed by atoms with Crippen LogP contribution in [0.3, 0.4) is 0 Å². The number of carbonyl (C=O) groups is 1. The van der Waals surface area contributed by atoms with Gasteiger partial charge in [0.05, 0.1) is 23.0 Å². The Morgan fingerprint density at radius 1 is 1.14 bits per heavy atom. The topological polar surface area (TPSA) is 78.9 Å². The summed E-state index contributed by atoms with van der Waals surface area (Å²) in [6.45, 7) is 5.31. The zero-order valence-corrected chi connectivity index (χ0v) is 19.6. The number of nitrogens with zero attached hydrogens (tertiary/aromatic N) is 5. The molecule has 6 rings (SSSR count). The van der Waals surface area contributed by atoms with E-state index < -0.39 is 0 Å². The van der Waals surface area contributed by atoms with Crippen LogP contribution in [0, 0.1) is 17.2 Å². The van der Waals surface area contributed by atoms with E-state index in [1.807, 2.05) is 41.6 Å². The van der Waals surface area contributed by atoms with Crippen LogP contribution in [0.25, 0.3) is 28.3 Å². The maximum Gasteiger partial charge on any atom is 0.227 e. The molecule has 0 saturated carbocycles. The Labute approximate surface area is 204 Å². The summed E-state index contributed by atoms with van der Waals surface area (Å²) < 4.78 is 4.35. The second kappa shape index (κ2) is 8.57. The van der Waals surface area contributed by atoms with E-state index in [1.165, 1.54) is 0 Å². The Balaban J connectivity index is 1.37. The van der Waals surface area contributed by atoms with E-state index in [1.54, 1.807) is 0 Å². The summed E-state index contributed by atoms with van der Waals surface area (Å²) >= 11 is 0. The lowest BCUT2D eigenvalue weighted by Gasteiger charge is -2.19. The number of amides is 1. The number of nitriles is 1. The van der Waals surface area contributed by atoms with Crippen LogP contribution in [0.1, 0.15) is 24.5 Å². The van der Waals surface area contributed by atoms with Crippen LogP contribution < -0.4 is 10.2 Å². The van der Waals surface area contributed by atoms with Gasteiger partial charge in [0.2, 0.25) is 5.91 Å². The van der Waals surface area contributed by atoms with Crippen molar-refractivity contribution in [1.82, 2.24) is 19.4 Å². The van der Waals surface area contributed by atoms with Gasteiger partial charge in [-0.15, -0.1) is 0 Å². The van der Waals surface area contributed by atoms with E-state index >= 15 is 0 Å². The standard InChI is InChI=1S/C28H26N6O/c1-2-30-15-20-11-27(35)34(16-20)24-7-8-25-23(12-24)18-32-17-22(21-5-3-19(14-29)4-6-21)13-26(32)28-31-9-10-33(25)28/h3-10,12-13,17,20,30H,2,11,15-16,18H2,1H3/t20-/m1/s1. The lowest BCUT2D eigenvalue weighted by atomic mass is 10.1. The first kappa shape index (κ1) is 21.4. The minimum absolute atomic E-state index is 0.189. The van der Waals surface area contributed by atoms with E-state index in [0.717, 1.165) is 59.2 Å². The molecule has 0 aliphatic carbocycles. The molecule has 2 aliphatic heterocycles. The monoisotopic (exact) mass is 462 g/mol. The van der Waals surface area contributed by atoms with Gasteiger partial charge in [-0.25, -0.2) is 4.98 Å². The number of rotatable bonds is 5. The van der Waals surface area contributed by atoms with Crippen molar-refractivity contribution in [2.75, 3.05) is 24.5 Å². The van der Waals surface area contributed by atoms with Gasteiger partial charge in [0, 0.05) is 55.9 Å². The fourth-order valence-corrected chi connectivity index (χ4v) is 5.21. The van der Waals surface area contributed by atoms with Crippen molar-refractivity contribution in [3.05, 3.63) is 78.2 Å². The predicted molar refractivity (Wildman–Crippen MR) is 135 cm³/mol. The molecule has 7 nitrogen and oxygen atoms in total.